The minimum atomic E-state index is -0.244. The quantitative estimate of drug-likeness (QED) is 0.696. The number of likely N-dealkylation sites (tertiary alicyclic amines) is 1. The van der Waals surface area contributed by atoms with Crippen molar-refractivity contribution in [2.75, 3.05) is 26.3 Å². The third-order valence-corrected chi connectivity index (χ3v) is 5.73. The third-order valence-electron chi connectivity index (χ3n) is 4.58. The second-order valence-corrected chi connectivity index (χ2v) is 7.50. The number of esters is 1. The Morgan fingerprint density at radius 3 is 2.67 bits per heavy atom. The Labute approximate surface area is 163 Å². The van der Waals surface area contributed by atoms with Gasteiger partial charge in [-0.3, -0.25) is 9.59 Å². The number of amides is 1. The standard InChI is InChI=1S/C21H25NO4S/c1-3-25-17-13-18(15-9-6-5-7-10-15)27-19(17)20(23)22-12-8-11-16(14-22)21(24)26-4-2/h5-7,9-10,13,16H,3-4,8,11-12,14H2,1-2H3. The van der Waals surface area contributed by atoms with E-state index in [-0.39, 0.29) is 17.8 Å². The van der Waals surface area contributed by atoms with Gasteiger partial charge in [-0.05, 0) is 38.3 Å². The van der Waals surface area contributed by atoms with E-state index in [1.54, 1.807) is 11.8 Å². The first-order valence-electron chi connectivity index (χ1n) is 9.42. The molecule has 1 aliphatic heterocycles. The highest BCUT2D eigenvalue weighted by atomic mass is 32.1. The molecule has 1 unspecified atom stereocenters. The number of hydrogen-bond acceptors (Lipinski definition) is 5. The zero-order valence-electron chi connectivity index (χ0n) is 15.8. The van der Waals surface area contributed by atoms with Gasteiger partial charge in [0, 0.05) is 18.0 Å². The van der Waals surface area contributed by atoms with E-state index in [1.807, 2.05) is 43.3 Å². The molecular formula is C21H25NO4S. The summed E-state index contributed by atoms with van der Waals surface area (Å²) < 4.78 is 10.9. The summed E-state index contributed by atoms with van der Waals surface area (Å²) in [6.07, 6.45) is 1.57. The van der Waals surface area contributed by atoms with Gasteiger partial charge in [-0.25, -0.2) is 0 Å². The molecule has 144 valence electrons. The van der Waals surface area contributed by atoms with Gasteiger partial charge in [0.25, 0.3) is 5.91 Å². The van der Waals surface area contributed by atoms with Crippen LogP contribution in [0.1, 0.15) is 36.4 Å². The van der Waals surface area contributed by atoms with Crippen LogP contribution in [-0.2, 0) is 9.53 Å². The maximum Gasteiger partial charge on any atom is 0.310 e. The number of ether oxygens (including phenoxy) is 2. The molecule has 2 heterocycles. The maximum absolute atomic E-state index is 13.2. The largest absolute Gasteiger partial charge is 0.492 e. The highest BCUT2D eigenvalue weighted by Gasteiger charge is 2.32. The predicted molar refractivity (Wildman–Crippen MR) is 106 cm³/mol. The number of hydrogen-bond donors (Lipinski definition) is 0. The molecule has 1 amide bonds. The molecule has 1 aliphatic rings. The fourth-order valence-corrected chi connectivity index (χ4v) is 4.36. The van der Waals surface area contributed by atoms with Crippen LogP contribution >= 0.6 is 11.3 Å². The molecule has 1 aromatic heterocycles. The summed E-state index contributed by atoms with van der Waals surface area (Å²) in [5.74, 6) is 0.0900. The van der Waals surface area contributed by atoms with E-state index in [4.69, 9.17) is 9.47 Å². The Morgan fingerprint density at radius 1 is 1.19 bits per heavy atom. The Kier molecular flexibility index (Phi) is 6.50. The minimum absolute atomic E-state index is 0.0698. The van der Waals surface area contributed by atoms with Crippen molar-refractivity contribution in [2.24, 2.45) is 5.92 Å². The van der Waals surface area contributed by atoms with E-state index in [1.165, 1.54) is 11.3 Å². The molecular weight excluding hydrogens is 362 g/mol. The SMILES string of the molecule is CCOC(=O)C1CCCN(C(=O)c2sc(-c3ccccc3)cc2OCC)C1. The van der Waals surface area contributed by atoms with Gasteiger partial charge in [-0.15, -0.1) is 11.3 Å². The van der Waals surface area contributed by atoms with E-state index in [0.717, 1.165) is 23.3 Å². The summed E-state index contributed by atoms with van der Waals surface area (Å²) in [4.78, 5) is 28.6. The third kappa shape index (κ3) is 4.50. The monoisotopic (exact) mass is 387 g/mol. The van der Waals surface area contributed by atoms with Gasteiger partial charge in [0.1, 0.15) is 10.6 Å². The average molecular weight is 388 g/mol. The fraction of sp³-hybridized carbons (Fsp3) is 0.429. The van der Waals surface area contributed by atoms with E-state index in [9.17, 15) is 9.59 Å². The Morgan fingerprint density at radius 2 is 1.96 bits per heavy atom. The number of nitrogens with zero attached hydrogens (tertiary/aromatic N) is 1. The van der Waals surface area contributed by atoms with Gasteiger partial charge in [-0.2, -0.15) is 0 Å². The first-order chi connectivity index (χ1) is 13.1. The van der Waals surface area contributed by atoms with Gasteiger partial charge in [0.15, 0.2) is 0 Å². The van der Waals surface area contributed by atoms with Crippen molar-refractivity contribution in [3.8, 4) is 16.2 Å². The smallest absolute Gasteiger partial charge is 0.310 e. The summed E-state index contributed by atoms with van der Waals surface area (Å²) in [6, 6.07) is 11.9. The normalized spacial score (nSPS) is 16.8. The highest BCUT2D eigenvalue weighted by Crippen LogP contribution is 2.37. The van der Waals surface area contributed by atoms with Gasteiger partial charge in [0.2, 0.25) is 0 Å². The van der Waals surface area contributed by atoms with Gasteiger partial charge >= 0.3 is 5.97 Å². The molecule has 1 aromatic carbocycles. The van der Waals surface area contributed by atoms with Crippen LogP contribution in [0.25, 0.3) is 10.4 Å². The first-order valence-corrected chi connectivity index (χ1v) is 10.2. The summed E-state index contributed by atoms with van der Waals surface area (Å²) in [7, 11) is 0. The summed E-state index contributed by atoms with van der Waals surface area (Å²) in [5.41, 5.74) is 1.06. The molecule has 6 heteroatoms. The molecule has 1 atom stereocenters. The van der Waals surface area contributed by atoms with Crippen molar-refractivity contribution in [3.05, 3.63) is 41.3 Å². The van der Waals surface area contributed by atoms with Crippen molar-refractivity contribution < 1.29 is 19.1 Å². The van der Waals surface area contributed by atoms with Crippen LogP contribution in [-0.4, -0.2) is 43.1 Å². The number of thiophene rings is 1. The lowest BCUT2D eigenvalue weighted by atomic mass is 9.98. The lowest BCUT2D eigenvalue weighted by Gasteiger charge is -2.31. The lowest BCUT2D eigenvalue weighted by molar-refractivity contribution is -0.149. The number of carbonyl (C=O) groups is 2. The summed E-state index contributed by atoms with van der Waals surface area (Å²) in [6.45, 7) is 5.63. The van der Waals surface area contributed by atoms with Crippen molar-refractivity contribution >= 4 is 23.2 Å². The Hall–Kier alpha value is -2.34. The van der Waals surface area contributed by atoms with Crippen LogP contribution in [0.4, 0.5) is 0 Å². The van der Waals surface area contributed by atoms with Gasteiger partial charge in [0.05, 0.1) is 19.1 Å². The lowest BCUT2D eigenvalue weighted by Crippen LogP contribution is -2.42. The van der Waals surface area contributed by atoms with E-state index >= 15 is 0 Å². The van der Waals surface area contributed by atoms with Crippen LogP contribution < -0.4 is 4.74 Å². The molecule has 5 nitrogen and oxygen atoms in total. The molecule has 0 aliphatic carbocycles. The zero-order valence-corrected chi connectivity index (χ0v) is 16.6. The van der Waals surface area contributed by atoms with Crippen LogP contribution in [0.5, 0.6) is 5.75 Å². The average Bonchev–Trinajstić information content (AvgIpc) is 3.12. The molecule has 0 bridgehead atoms. The van der Waals surface area contributed by atoms with Gasteiger partial charge < -0.3 is 14.4 Å². The molecule has 2 aromatic rings. The van der Waals surface area contributed by atoms with Crippen LogP contribution in [0.15, 0.2) is 36.4 Å². The van der Waals surface area contributed by atoms with Crippen LogP contribution in [0, 0.1) is 5.92 Å². The molecule has 27 heavy (non-hydrogen) atoms. The molecule has 0 spiro atoms. The molecule has 0 N–H and O–H groups in total. The van der Waals surface area contributed by atoms with Gasteiger partial charge in [-0.1, -0.05) is 30.3 Å². The van der Waals surface area contributed by atoms with Crippen molar-refractivity contribution in [3.63, 3.8) is 0 Å². The zero-order chi connectivity index (χ0) is 19.2. The van der Waals surface area contributed by atoms with Crippen molar-refractivity contribution in [1.29, 1.82) is 0 Å². The van der Waals surface area contributed by atoms with Crippen molar-refractivity contribution in [1.82, 2.24) is 4.90 Å². The predicted octanol–water partition coefficient (Wildman–Crippen LogP) is 4.23. The second-order valence-electron chi connectivity index (χ2n) is 6.45. The molecule has 1 saturated heterocycles. The molecule has 1 fully saturated rings. The van der Waals surface area contributed by atoms with Crippen LogP contribution in [0.3, 0.4) is 0 Å². The fourth-order valence-electron chi connectivity index (χ4n) is 3.29. The van der Waals surface area contributed by atoms with Crippen LogP contribution in [0.2, 0.25) is 0 Å². The number of carbonyl (C=O) groups excluding carboxylic acids is 2. The van der Waals surface area contributed by atoms with E-state index < -0.39 is 0 Å². The van der Waals surface area contributed by atoms with Crippen molar-refractivity contribution in [2.45, 2.75) is 26.7 Å². The number of benzene rings is 1. The number of piperidine rings is 1. The second kappa shape index (κ2) is 9.04. The molecule has 3 rings (SSSR count). The Balaban J connectivity index is 1.83. The molecule has 0 saturated carbocycles. The molecule has 0 radical (unpaired) electrons. The summed E-state index contributed by atoms with van der Waals surface area (Å²) in [5, 5.41) is 0. The van der Waals surface area contributed by atoms with E-state index in [2.05, 4.69) is 0 Å². The maximum atomic E-state index is 13.2. The Bertz CT molecular complexity index is 787. The van der Waals surface area contributed by atoms with E-state index in [0.29, 0.717) is 36.9 Å². The summed E-state index contributed by atoms with van der Waals surface area (Å²) >= 11 is 1.44. The first kappa shape index (κ1) is 19.4. The topological polar surface area (TPSA) is 55.8 Å². The number of rotatable bonds is 6. The highest BCUT2D eigenvalue weighted by molar-refractivity contribution is 7.17. The minimum Gasteiger partial charge on any atom is -0.492 e.